The number of carbonyl (C=O) groups excluding carboxylic acids is 1. The summed E-state index contributed by atoms with van der Waals surface area (Å²) in [6, 6.07) is 6.09. The lowest BCUT2D eigenvalue weighted by Crippen LogP contribution is -2.25. The number of fused-ring (bicyclic) bond motifs is 1. The molecule has 4 nitrogen and oxygen atoms in total. The van der Waals surface area contributed by atoms with E-state index >= 15 is 0 Å². The number of rotatable bonds is 9. The maximum Gasteiger partial charge on any atom is 0.306 e. The molecule has 2 rings (SSSR count). The van der Waals surface area contributed by atoms with Crippen LogP contribution in [0.2, 0.25) is 0 Å². The van der Waals surface area contributed by atoms with E-state index in [4.69, 9.17) is 9.47 Å². The quantitative estimate of drug-likeness (QED) is 0.434. The lowest BCUT2D eigenvalue weighted by molar-refractivity contribution is -0.143. The Labute approximate surface area is 167 Å². The van der Waals surface area contributed by atoms with E-state index in [0.717, 1.165) is 36.4 Å². The molecule has 1 aromatic carbocycles. The van der Waals surface area contributed by atoms with Crippen LogP contribution in [-0.4, -0.2) is 32.8 Å². The summed E-state index contributed by atoms with van der Waals surface area (Å²) in [6.45, 7) is 4.87. The van der Waals surface area contributed by atoms with E-state index < -0.39 is 0 Å². The zero-order chi connectivity index (χ0) is 20.4. The van der Waals surface area contributed by atoms with Crippen molar-refractivity contribution in [2.75, 3.05) is 31.7 Å². The van der Waals surface area contributed by atoms with Crippen LogP contribution in [0.3, 0.4) is 0 Å². The van der Waals surface area contributed by atoms with Gasteiger partial charge in [0, 0.05) is 20.0 Å². The lowest BCUT2D eigenvalue weighted by Gasteiger charge is -2.29. The molecule has 1 heterocycles. The van der Waals surface area contributed by atoms with Gasteiger partial charge in [0.15, 0.2) is 0 Å². The summed E-state index contributed by atoms with van der Waals surface area (Å²) < 4.78 is 24.4. The minimum atomic E-state index is -0.276. The summed E-state index contributed by atoms with van der Waals surface area (Å²) in [6.07, 6.45) is 10.1. The van der Waals surface area contributed by atoms with Crippen molar-refractivity contribution in [3.8, 4) is 5.75 Å². The largest absolute Gasteiger partial charge is 0.487 e. The van der Waals surface area contributed by atoms with Gasteiger partial charge >= 0.3 is 5.97 Å². The molecule has 0 unspecified atom stereocenters. The number of carbonyl (C=O) groups is 1. The number of hydrogen-bond donors (Lipinski definition) is 0. The fraction of sp³-hybridized carbons (Fsp3) is 0.435. The van der Waals surface area contributed by atoms with Gasteiger partial charge in [0.1, 0.15) is 12.4 Å². The van der Waals surface area contributed by atoms with Crippen LogP contribution in [0.5, 0.6) is 5.75 Å². The molecular formula is C23H30FNO3. The average Bonchev–Trinajstić information content (AvgIpc) is 2.65. The van der Waals surface area contributed by atoms with Gasteiger partial charge in [0.05, 0.1) is 18.1 Å². The van der Waals surface area contributed by atoms with Crippen LogP contribution in [0.25, 0.3) is 0 Å². The molecular weight excluding hydrogens is 357 g/mol. The first-order chi connectivity index (χ1) is 13.5. The number of nitrogens with zero attached hydrogens (tertiary/aromatic N) is 1. The second-order valence-electron chi connectivity index (χ2n) is 6.82. The molecule has 5 heteroatoms. The normalized spacial score (nSPS) is 14.9. The average molecular weight is 387 g/mol. The second-order valence-corrected chi connectivity index (χ2v) is 6.82. The summed E-state index contributed by atoms with van der Waals surface area (Å²) in [5.74, 6) is 0.334. The molecule has 0 atom stereocenters. The van der Waals surface area contributed by atoms with Crippen LogP contribution in [0.4, 0.5) is 10.1 Å². The summed E-state index contributed by atoms with van der Waals surface area (Å²) in [4.78, 5) is 13.5. The minimum Gasteiger partial charge on any atom is -0.487 e. The topological polar surface area (TPSA) is 38.8 Å². The number of anilines is 1. The van der Waals surface area contributed by atoms with E-state index in [0.29, 0.717) is 19.4 Å². The first-order valence-corrected chi connectivity index (χ1v) is 9.82. The Balaban J connectivity index is 2.01. The number of para-hydroxylation sites is 1. The van der Waals surface area contributed by atoms with E-state index in [-0.39, 0.29) is 18.4 Å². The van der Waals surface area contributed by atoms with Gasteiger partial charge in [-0.15, -0.1) is 0 Å². The molecule has 0 aliphatic carbocycles. The Morgan fingerprint density at radius 1 is 1.36 bits per heavy atom. The van der Waals surface area contributed by atoms with Crippen LogP contribution in [0.15, 0.2) is 53.9 Å². The molecule has 0 aromatic heterocycles. The molecule has 28 heavy (non-hydrogen) atoms. The van der Waals surface area contributed by atoms with Crippen LogP contribution in [0.1, 0.15) is 38.7 Å². The standard InChI is InChI=1S/C23H30FNO3/c1-4-27-22(26)14-7-5-6-10-19(16-18(2)24)17-28-21-13-8-11-20-12-9-15-25(3)23(20)21/h5-6,8,10-11,13,16H,4,7,9,12,14-15,17H2,1-3H3/b6-5+,18-16+,19-10+. The van der Waals surface area contributed by atoms with Gasteiger partial charge in [-0.2, -0.15) is 0 Å². The SMILES string of the molecule is CCOC(=O)CC/C=C/C=C(\C=C(/C)F)COc1cccc2c1N(C)CCC2. The molecule has 0 N–H and O–H groups in total. The molecule has 152 valence electrons. The highest BCUT2D eigenvalue weighted by molar-refractivity contribution is 5.69. The van der Waals surface area contributed by atoms with Crippen LogP contribution < -0.4 is 9.64 Å². The first kappa shape index (κ1) is 21.7. The van der Waals surface area contributed by atoms with E-state index in [2.05, 4.69) is 18.0 Å². The Morgan fingerprint density at radius 3 is 2.93 bits per heavy atom. The Bertz CT molecular complexity index is 748. The van der Waals surface area contributed by atoms with E-state index in [1.165, 1.54) is 18.6 Å². The third-order valence-corrected chi connectivity index (χ3v) is 4.45. The highest BCUT2D eigenvalue weighted by atomic mass is 19.1. The number of ether oxygens (including phenoxy) is 2. The Hall–Kier alpha value is -2.56. The monoisotopic (exact) mass is 387 g/mol. The van der Waals surface area contributed by atoms with Crippen LogP contribution >= 0.6 is 0 Å². The predicted molar refractivity (Wildman–Crippen MR) is 111 cm³/mol. The van der Waals surface area contributed by atoms with Crippen molar-refractivity contribution in [1.82, 2.24) is 0 Å². The molecule has 0 spiro atoms. The molecule has 0 fully saturated rings. The van der Waals surface area contributed by atoms with Crippen molar-refractivity contribution in [2.24, 2.45) is 0 Å². The fourth-order valence-electron chi connectivity index (χ4n) is 3.21. The molecule has 1 aromatic rings. The van der Waals surface area contributed by atoms with Crippen LogP contribution in [0, 0.1) is 0 Å². The number of allylic oxidation sites excluding steroid dienone is 4. The summed E-state index contributed by atoms with van der Waals surface area (Å²) >= 11 is 0. The molecule has 1 aliphatic heterocycles. The van der Waals surface area contributed by atoms with Crippen molar-refractivity contribution in [2.45, 2.75) is 39.5 Å². The van der Waals surface area contributed by atoms with Crippen molar-refractivity contribution >= 4 is 11.7 Å². The maximum absolute atomic E-state index is 13.4. The van der Waals surface area contributed by atoms with Crippen molar-refractivity contribution in [1.29, 1.82) is 0 Å². The smallest absolute Gasteiger partial charge is 0.306 e. The van der Waals surface area contributed by atoms with Gasteiger partial charge in [-0.1, -0.05) is 30.4 Å². The predicted octanol–water partition coefficient (Wildman–Crippen LogP) is 5.15. The Morgan fingerprint density at radius 2 is 2.18 bits per heavy atom. The first-order valence-electron chi connectivity index (χ1n) is 9.82. The van der Waals surface area contributed by atoms with Gasteiger partial charge < -0.3 is 14.4 Å². The van der Waals surface area contributed by atoms with Crippen molar-refractivity contribution in [3.63, 3.8) is 0 Å². The highest BCUT2D eigenvalue weighted by Crippen LogP contribution is 2.35. The van der Waals surface area contributed by atoms with Crippen LogP contribution in [-0.2, 0) is 16.0 Å². The second kappa shape index (κ2) is 11.3. The van der Waals surface area contributed by atoms with E-state index in [9.17, 15) is 9.18 Å². The van der Waals surface area contributed by atoms with Gasteiger partial charge in [-0.3, -0.25) is 4.79 Å². The van der Waals surface area contributed by atoms with Crippen molar-refractivity contribution in [3.05, 3.63) is 59.5 Å². The molecule has 0 saturated carbocycles. The molecule has 1 aliphatic rings. The highest BCUT2D eigenvalue weighted by Gasteiger charge is 2.18. The van der Waals surface area contributed by atoms with Crippen molar-refractivity contribution < 1.29 is 18.7 Å². The Kier molecular flexibility index (Phi) is 8.79. The lowest BCUT2D eigenvalue weighted by atomic mass is 10.0. The minimum absolute atomic E-state index is 0.211. The summed E-state index contributed by atoms with van der Waals surface area (Å²) in [5.41, 5.74) is 3.13. The van der Waals surface area contributed by atoms with E-state index in [1.54, 1.807) is 6.92 Å². The summed E-state index contributed by atoms with van der Waals surface area (Å²) in [7, 11) is 2.07. The number of benzene rings is 1. The van der Waals surface area contributed by atoms with Gasteiger partial charge in [0.2, 0.25) is 0 Å². The number of hydrogen-bond acceptors (Lipinski definition) is 4. The third kappa shape index (κ3) is 6.87. The van der Waals surface area contributed by atoms with Gasteiger partial charge in [0.25, 0.3) is 0 Å². The molecule has 0 bridgehead atoms. The maximum atomic E-state index is 13.4. The van der Waals surface area contributed by atoms with E-state index in [1.807, 2.05) is 30.4 Å². The zero-order valence-corrected chi connectivity index (χ0v) is 17.0. The molecule has 0 radical (unpaired) electrons. The number of halogens is 1. The van der Waals surface area contributed by atoms with Gasteiger partial charge in [-0.25, -0.2) is 4.39 Å². The molecule has 0 saturated heterocycles. The summed E-state index contributed by atoms with van der Waals surface area (Å²) in [5, 5.41) is 0. The zero-order valence-electron chi connectivity index (χ0n) is 17.0. The third-order valence-electron chi connectivity index (χ3n) is 4.45. The number of esters is 1. The molecule has 0 amide bonds. The van der Waals surface area contributed by atoms with Gasteiger partial charge in [-0.05, 0) is 56.4 Å². The number of aryl methyl sites for hydroxylation is 1. The fourth-order valence-corrected chi connectivity index (χ4v) is 3.21.